The van der Waals surface area contributed by atoms with E-state index in [-0.39, 0.29) is 29.8 Å². The Kier molecular flexibility index (Phi) is 5.44. The van der Waals surface area contributed by atoms with Crippen LogP contribution in [0.5, 0.6) is 0 Å². The predicted octanol–water partition coefficient (Wildman–Crippen LogP) is 2.48. The summed E-state index contributed by atoms with van der Waals surface area (Å²) < 4.78 is 0. The van der Waals surface area contributed by atoms with E-state index in [1.54, 1.807) is 12.1 Å². The maximum atomic E-state index is 12.3. The number of urea groups is 1. The van der Waals surface area contributed by atoms with E-state index in [4.69, 9.17) is 0 Å². The number of hydrogen-bond donors (Lipinski definition) is 3. The molecule has 2 fully saturated rings. The summed E-state index contributed by atoms with van der Waals surface area (Å²) in [6, 6.07) is 5.19. The second-order valence-corrected chi connectivity index (χ2v) is 7.18. The van der Waals surface area contributed by atoms with Crippen molar-refractivity contribution in [1.29, 1.82) is 0 Å². The molecule has 3 rings (SSSR count). The first kappa shape index (κ1) is 18.2. The number of carbonyl (C=O) groups excluding carboxylic acids is 3. The lowest BCUT2D eigenvalue weighted by atomic mass is 10.0. The number of hydrogen-bond acceptors (Lipinski definition) is 3. The molecule has 140 valence electrons. The molecule has 7 nitrogen and oxygen atoms in total. The molecule has 7 heteroatoms. The molecule has 0 atom stereocenters. The summed E-state index contributed by atoms with van der Waals surface area (Å²) in [6.45, 7) is 4.75. The molecule has 1 aromatic rings. The lowest BCUT2D eigenvalue weighted by Gasteiger charge is -2.32. The minimum atomic E-state index is -0.264. The van der Waals surface area contributed by atoms with Crippen LogP contribution >= 0.6 is 0 Å². The molecular weight excluding hydrogens is 332 g/mol. The Labute approximate surface area is 153 Å². The van der Waals surface area contributed by atoms with Crippen LogP contribution in [-0.4, -0.2) is 41.9 Å². The van der Waals surface area contributed by atoms with Crippen LogP contribution in [0.15, 0.2) is 18.2 Å². The Hall–Kier alpha value is -2.57. The molecule has 1 saturated heterocycles. The van der Waals surface area contributed by atoms with Gasteiger partial charge in [-0.3, -0.25) is 9.59 Å². The Bertz CT molecular complexity index is 707. The van der Waals surface area contributed by atoms with Gasteiger partial charge >= 0.3 is 6.03 Å². The molecule has 0 spiro atoms. The molecule has 0 unspecified atom stereocenters. The zero-order chi connectivity index (χ0) is 18.7. The van der Waals surface area contributed by atoms with Crippen LogP contribution in [0, 0.1) is 12.8 Å². The second kappa shape index (κ2) is 7.76. The van der Waals surface area contributed by atoms with E-state index in [9.17, 15) is 14.4 Å². The SMILES string of the molecule is CC(=O)Nc1ccc(C)c(NC(=O)NC2CCN(C(=O)C3CC3)CC2)c1. The highest BCUT2D eigenvalue weighted by Crippen LogP contribution is 2.31. The second-order valence-electron chi connectivity index (χ2n) is 7.18. The standard InChI is InChI=1S/C19H26N4O3/c1-12-3-6-16(20-13(2)24)11-17(12)22-19(26)21-15-7-9-23(10-8-15)18(25)14-4-5-14/h3,6,11,14-15H,4-5,7-10H2,1-2H3,(H,20,24)(H2,21,22,26). The van der Waals surface area contributed by atoms with Gasteiger partial charge in [0.25, 0.3) is 0 Å². The number of amides is 4. The highest BCUT2D eigenvalue weighted by molar-refractivity contribution is 5.93. The third kappa shape index (κ3) is 4.74. The Balaban J connectivity index is 1.50. The molecule has 0 aromatic heterocycles. The van der Waals surface area contributed by atoms with Crippen molar-refractivity contribution in [1.82, 2.24) is 10.2 Å². The van der Waals surface area contributed by atoms with Crippen molar-refractivity contribution >= 4 is 29.2 Å². The first-order valence-electron chi connectivity index (χ1n) is 9.17. The van der Waals surface area contributed by atoms with Crippen LogP contribution < -0.4 is 16.0 Å². The summed E-state index contributed by atoms with van der Waals surface area (Å²) >= 11 is 0. The zero-order valence-corrected chi connectivity index (χ0v) is 15.3. The quantitative estimate of drug-likeness (QED) is 0.772. The molecule has 3 N–H and O–H groups in total. The van der Waals surface area contributed by atoms with E-state index in [1.807, 2.05) is 17.9 Å². The number of carbonyl (C=O) groups is 3. The summed E-state index contributed by atoms with van der Waals surface area (Å²) in [5.74, 6) is 0.372. The number of benzene rings is 1. The number of rotatable bonds is 4. The fourth-order valence-electron chi connectivity index (χ4n) is 3.21. The van der Waals surface area contributed by atoms with Crippen LogP contribution in [-0.2, 0) is 9.59 Å². The number of anilines is 2. The number of aryl methyl sites for hydroxylation is 1. The van der Waals surface area contributed by atoms with Crippen molar-refractivity contribution in [2.45, 2.75) is 45.6 Å². The first-order valence-corrected chi connectivity index (χ1v) is 9.17. The van der Waals surface area contributed by atoms with Crippen LogP contribution in [0.3, 0.4) is 0 Å². The summed E-state index contributed by atoms with van der Waals surface area (Å²) in [4.78, 5) is 37.5. The van der Waals surface area contributed by atoms with Crippen LogP contribution in [0.2, 0.25) is 0 Å². The summed E-state index contributed by atoms with van der Waals surface area (Å²) in [5, 5.41) is 8.54. The van der Waals surface area contributed by atoms with E-state index < -0.39 is 0 Å². The normalized spacial score (nSPS) is 17.5. The van der Waals surface area contributed by atoms with Gasteiger partial charge in [-0.05, 0) is 50.3 Å². The van der Waals surface area contributed by atoms with Gasteiger partial charge in [0.05, 0.1) is 0 Å². The van der Waals surface area contributed by atoms with Gasteiger partial charge in [0, 0.05) is 43.3 Å². The van der Waals surface area contributed by atoms with E-state index in [2.05, 4.69) is 16.0 Å². The largest absolute Gasteiger partial charge is 0.342 e. The number of nitrogens with one attached hydrogen (secondary N) is 3. The van der Waals surface area contributed by atoms with Gasteiger partial charge in [-0.25, -0.2) is 4.79 Å². The highest BCUT2D eigenvalue weighted by atomic mass is 16.2. The molecule has 2 aliphatic rings. The van der Waals surface area contributed by atoms with Crippen LogP contribution in [0.1, 0.15) is 38.2 Å². The predicted molar refractivity (Wildman–Crippen MR) is 100.0 cm³/mol. The maximum absolute atomic E-state index is 12.3. The van der Waals surface area contributed by atoms with Crippen LogP contribution in [0.4, 0.5) is 16.2 Å². The fourth-order valence-corrected chi connectivity index (χ4v) is 3.21. The van der Waals surface area contributed by atoms with Gasteiger partial charge in [0.2, 0.25) is 11.8 Å². The van der Waals surface area contributed by atoms with Gasteiger partial charge < -0.3 is 20.9 Å². The van der Waals surface area contributed by atoms with Crippen molar-refractivity contribution in [2.24, 2.45) is 5.92 Å². The minimum Gasteiger partial charge on any atom is -0.342 e. The topological polar surface area (TPSA) is 90.5 Å². The average Bonchev–Trinajstić information content (AvgIpc) is 3.42. The number of nitrogens with zero attached hydrogens (tertiary/aromatic N) is 1. The summed E-state index contributed by atoms with van der Waals surface area (Å²) in [6.07, 6.45) is 3.60. The van der Waals surface area contributed by atoms with E-state index >= 15 is 0 Å². The lowest BCUT2D eigenvalue weighted by molar-refractivity contribution is -0.133. The van der Waals surface area contributed by atoms with Crippen molar-refractivity contribution in [3.63, 3.8) is 0 Å². The lowest BCUT2D eigenvalue weighted by Crippen LogP contribution is -2.48. The monoisotopic (exact) mass is 358 g/mol. The molecule has 4 amide bonds. The molecule has 1 aromatic carbocycles. The van der Waals surface area contributed by atoms with E-state index in [0.29, 0.717) is 24.5 Å². The number of likely N-dealkylation sites (tertiary alicyclic amines) is 1. The van der Waals surface area contributed by atoms with Gasteiger partial charge in [0.1, 0.15) is 0 Å². The third-order valence-corrected chi connectivity index (χ3v) is 4.87. The summed E-state index contributed by atoms with van der Waals surface area (Å²) in [7, 11) is 0. The Morgan fingerprint density at radius 3 is 2.35 bits per heavy atom. The summed E-state index contributed by atoms with van der Waals surface area (Å²) in [5.41, 5.74) is 2.22. The van der Waals surface area contributed by atoms with Crippen molar-refractivity contribution in [3.8, 4) is 0 Å². The molecule has 1 saturated carbocycles. The van der Waals surface area contributed by atoms with Gasteiger partial charge in [0.15, 0.2) is 0 Å². The smallest absolute Gasteiger partial charge is 0.319 e. The molecule has 26 heavy (non-hydrogen) atoms. The van der Waals surface area contributed by atoms with Crippen LogP contribution in [0.25, 0.3) is 0 Å². The third-order valence-electron chi connectivity index (χ3n) is 4.87. The number of piperidine rings is 1. The highest BCUT2D eigenvalue weighted by Gasteiger charge is 2.35. The Morgan fingerprint density at radius 2 is 1.73 bits per heavy atom. The molecule has 1 aliphatic heterocycles. The molecule has 1 aliphatic carbocycles. The van der Waals surface area contributed by atoms with Crippen molar-refractivity contribution in [3.05, 3.63) is 23.8 Å². The van der Waals surface area contributed by atoms with Gasteiger partial charge in [-0.1, -0.05) is 6.07 Å². The van der Waals surface area contributed by atoms with Crippen molar-refractivity contribution in [2.75, 3.05) is 23.7 Å². The Morgan fingerprint density at radius 1 is 1.04 bits per heavy atom. The fraction of sp³-hybridized carbons (Fsp3) is 0.526. The maximum Gasteiger partial charge on any atom is 0.319 e. The molecular formula is C19H26N4O3. The molecule has 1 heterocycles. The van der Waals surface area contributed by atoms with Gasteiger partial charge in [-0.2, -0.15) is 0 Å². The van der Waals surface area contributed by atoms with Gasteiger partial charge in [-0.15, -0.1) is 0 Å². The molecule has 0 radical (unpaired) electrons. The average molecular weight is 358 g/mol. The minimum absolute atomic E-state index is 0.0667. The zero-order valence-electron chi connectivity index (χ0n) is 15.3. The van der Waals surface area contributed by atoms with Crippen molar-refractivity contribution < 1.29 is 14.4 Å². The molecule has 0 bridgehead atoms. The first-order chi connectivity index (χ1) is 12.4. The van der Waals surface area contributed by atoms with E-state index in [0.717, 1.165) is 31.2 Å². The van der Waals surface area contributed by atoms with E-state index in [1.165, 1.54) is 6.92 Å².